The lowest BCUT2D eigenvalue weighted by atomic mass is 9.86. The van der Waals surface area contributed by atoms with Crippen molar-refractivity contribution in [2.75, 3.05) is 6.61 Å². The summed E-state index contributed by atoms with van der Waals surface area (Å²) in [6.45, 7) is 1.39. The number of rotatable bonds is 4. The van der Waals surface area contributed by atoms with E-state index in [0.29, 0.717) is 5.92 Å². The molecule has 0 aromatic heterocycles. The highest BCUT2D eigenvalue weighted by Gasteiger charge is 2.23. The van der Waals surface area contributed by atoms with Crippen LogP contribution in [0.25, 0.3) is 0 Å². The van der Waals surface area contributed by atoms with E-state index < -0.39 is 30.3 Å². The number of amides is 3. The summed E-state index contributed by atoms with van der Waals surface area (Å²) in [5.74, 6) is -2.03. The van der Waals surface area contributed by atoms with Gasteiger partial charge in [0.2, 0.25) is 0 Å². The number of imide groups is 1. The third-order valence-electron chi connectivity index (χ3n) is 4.22. The van der Waals surface area contributed by atoms with Crippen molar-refractivity contribution in [3.8, 4) is 11.5 Å². The van der Waals surface area contributed by atoms with Crippen molar-refractivity contribution in [2.24, 2.45) is 5.92 Å². The number of hydrogen-bond acceptors (Lipinski definition) is 6. The molecule has 0 bridgehead atoms. The average molecular weight is 350 g/mol. The van der Waals surface area contributed by atoms with E-state index in [-0.39, 0.29) is 17.4 Å². The maximum atomic E-state index is 11.8. The molecule has 2 atom stereocenters. The lowest BCUT2D eigenvalue weighted by molar-refractivity contribution is -0.123. The van der Waals surface area contributed by atoms with Crippen LogP contribution in [0.3, 0.4) is 0 Å². The van der Waals surface area contributed by atoms with Gasteiger partial charge in [0.1, 0.15) is 17.1 Å². The van der Waals surface area contributed by atoms with Crippen molar-refractivity contribution in [1.29, 1.82) is 0 Å². The number of urea groups is 1. The Bertz CT molecular complexity index is 661. The molecule has 8 heteroatoms. The van der Waals surface area contributed by atoms with Crippen LogP contribution in [0.2, 0.25) is 0 Å². The minimum atomic E-state index is -0.936. The average Bonchev–Trinajstić information content (AvgIpc) is 2.54. The number of carbonyl (C=O) groups excluding carboxylic acids is 3. The maximum absolute atomic E-state index is 11.8. The first-order chi connectivity index (χ1) is 11.9. The quantitative estimate of drug-likeness (QED) is 0.612. The van der Waals surface area contributed by atoms with Crippen LogP contribution >= 0.6 is 0 Å². The molecule has 1 aromatic rings. The Balaban J connectivity index is 1.77. The summed E-state index contributed by atoms with van der Waals surface area (Å²) >= 11 is 0. The molecular weight excluding hydrogens is 328 g/mol. The van der Waals surface area contributed by atoms with Gasteiger partial charge in [-0.05, 0) is 30.9 Å². The topological polar surface area (TPSA) is 125 Å². The summed E-state index contributed by atoms with van der Waals surface area (Å²) < 4.78 is 4.75. The first-order valence-corrected chi connectivity index (χ1v) is 8.16. The van der Waals surface area contributed by atoms with Gasteiger partial charge in [-0.3, -0.25) is 10.1 Å². The number of ether oxygens (including phenoxy) is 1. The van der Waals surface area contributed by atoms with Crippen molar-refractivity contribution in [2.45, 2.75) is 38.6 Å². The van der Waals surface area contributed by atoms with Gasteiger partial charge >= 0.3 is 12.0 Å². The molecule has 8 nitrogen and oxygen atoms in total. The lowest BCUT2D eigenvalue weighted by Crippen LogP contribution is -2.48. The molecule has 0 saturated heterocycles. The zero-order valence-corrected chi connectivity index (χ0v) is 13.9. The van der Waals surface area contributed by atoms with Crippen molar-refractivity contribution in [1.82, 2.24) is 10.6 Å². The number of hydrogen-bond donors (Lipinski definition) is 4. The Morgan fingerprint density at radius 2 is 1.92 bits per heavy atom. The van der Waals surface area contributed by atoms with E-state index >= 15 is 0 Å². The van der Waals surface area contributed by atoms with Gasteiger partial charge in [0.05, 0.1) is 0 Å². The summed E-state index contributed by atoms with van der Waals surface area (Å²) in [6.07, 6.45) is 4.08. The number of benzene rings is 1. The predicted octanol–water partition coefficient (Wildman–Crippen LogP) is 1.66. The minimum Gasteiger partial charge on any atom is -0.508 e. The summed E-state index contributed by atoms with van der Waals surface area (Å²) in [7, 11) is 0. The molecule has 4 N–H and O–H groups in total. The minimum absolute atomic E-state index is 0.0260. The molecule has 1 aliphatic carbocycles. The number of aromatic hydroxyl groups is 2. The van der Waals surface area contributed by atoms with E-state index in [1.54, 1.807) is 0 Å². The SMILES string of the molecule is C[C@H]1CCCC[C@@H]1NC(=O)NC(=O)COC(=O)c1ccc(O)cc1O. The first-order valence-electron chi connectivity index (χ1n) is 8.16. The highest BCUT2D eigenvalue weighted by atomic mass is 16.5. The predicted molar refractivity (Wildman–Crippen MR) is 88.1 cm³/mol. The summed E-state index contributed by atoms with van der Waals surface area (Å²) in [5.41, 5.74) is -0.189. The van der Waals surface area contributed by atoms with Crippen molar-refractivity contribution < 1.29 is 29.3 Å². The molecular formula is C17H22N2O6. The first kappa shape index (κ1) is 18.6. The Hall–Kier alpha value is -2.77. The second kappa shape index (κ2) is 8.36. The highest BCUT2D eigenvalue weighted by molar-refractivity contribution is 5.97. The molecule has 1 saturated carbocycles. The molecule has 25 heavy (non-hydrogen) atoms. The third-order valence-corrected chi connectivity index (χ3v) is 4.22. The van der Waals surface area contributed by atoms with Gasteiger partial charge in [0.15, 0.2) is 6.61 Å². The summed E-state index contributed by atoms with van der Waals surface area (Å²) in [6, 6.07) is 2.76. The second-order valence-corrected chi connectivity index (χ2v) is 6.17. The van der Waals surface area contributed by atoms with Crippen LogP contribution in [-0.4, -0.2) is 40.8 Å². The zero-order valence-electron chi connectivity index (χ0n) is 13.9. The largest absolute Gasteiger partial charge is 0.508 e. The smallest absolute Gasteiger partial charge is 0.342 e. The molecule has 2 rings (SSSR count). The van der Waals surface area contributed by atoms with Crippen molar-refractivity contribution >= 4 is 17.9 Å². The zero-order chi connectivity index (χ0) is 18.4. The number of phenols is 2. The fourth-order valence-corrected chi connectivity index (χ4v) is 2.80. The van der Waals surface area contributed by atoms with E-state index in [0.717, 1.165) is 31.7 Å². The highest BCUT2D eigenvalue weighted by Crippen LogP contribution is 2.24. The van der Waals surface area contributed by atoms with Crippen LogP contribution in [0.1, 0.15) is 43.0 Å². The lowest BCUT2D eigenvalue weighted by Gasteiger charge is -2.29. The molecule has 1 aromatic carbocycles. The van der Waals surface area contributed by atoms with Crippen LogP contribution in [0.15, 0.2) is 18.2 Å². The number of nitrogens with one attached hydrogen (secondary N) is 2. The number of phenolic OH excluding ortho intramolecular Hbond substituents is 2. The van der Waals surface area contributed by atoms with Crippen molar-refractivity contribution in [3.05, 3.63) is 23.8 Å². The van der Waals surface area contributed by atoms with Gasteiger partial charge in [0, 0.05) is 12.1 Å². The molecule has 0 heterocycles. The van der Waals surface area contributed by atoms with Gasteiger partial charge < -0.3 is 20.3 Å². The molecule has 3 amide bonds. The Morgan fingerprint density at radius 3 is 2.60 bits per heavy atom. The van der Waals surface area contributed by atoms with E-state index in [4.69, 9.17) is 9.84 Å². The van der Waals surface area contributed by atoms with E-state index in [9.17, 15) is 19.5 Å². The van der Waals surface area contributed by atoms with Gasteiger partial charge in [-0.2, -0.15) is 0 Å². The third kappa shape index (κ3) is 5.37. The number of carbonyl (C=O) groups is 3. The monoisotopic (exact) mass is 350 g/mol. The van der Waals surface area contributed by atoms with Crippen LogP contribution < -0.4 is 10.6 Å². The van der Waals surface area contributed by atoms with Crippen LogP contribution in [0.5, 0.6) is 11.5 Å². The Labute approximate surface area is 145 Å². The fraction of sp³-hybridized carbons (Fsp3) is 0.471. The molecule has 0 unspecified atom stereocenters. The van der Waals surface area contributed by atoms with Crippen molar-refractivity contribution in [3.63, 3.8) is 0 Å². The molecule has 136 valence electrons. The van der Waals surface area contributed by atoms with Gasteiger partial charge in [-0.1, -0.05) is 19.8 Å². The Kier molecular flexibility index (Phi) is 6.21. The van der Waals surface area contributed by atoms with Gasteiger partial charge in [-0.25, -0.2) is 9.59 Å². The number of esters is 1. The van der Waals surface area contributed by atoms with Gasteiger partial charge in [0.25, 0.3) is 5.91 Å². The van der Waals surface area contributed by atoms with E-state index in [2.05, 4.69) is 17.6 Å². The molecule has 1 fully saturated rings. The van der Waals surface area contributed by atoms with Crippen LogP contribution in [-0.2, 0) is 9.53 Å². The van der Waals surface area contributed by atoms with E-state index in [1.807, 2.05) is 0 Å². The Morgan fingerprint density at radius 1 is 1.20 bits per heavy atom. The molecule has 0 radical (unpaired) electrons. The van der Waals surface area contributed by atoms with E-state index in [1.165, 1.54) is 12.1 Å². The maximum Gasteiger partial charge on any atom is 0.342 e. The van der Waals surface area contributed by atoms with Crippen LogP contribution in [0.4, 0.5) is 4.79 Å². The molecule has 1 aliphatic rings. The molecule has 0 spiro atoms. The second-order valence-electron chi connectivity index (χ2n) is 6.17. The summed E-state index contributed by atoms with van der Waals surface area (Å²) in [4.78, 5) is 35.3. The normalized spacial score (nSPS) is 19.7. The molecule has 0 aliphatic heterocycles. The van der Waals surface area contributed by atoms with Gasteiger partial charge in [-0.15, -0.1) is 0 Å². The fourth-order valence-electron chi connectivity index (χ4n) is 2.80. The van der Waals surface area contributed by atoms with Crippen LogP contribution in [0, 0.1) is 5.92 Å². The standard InChI is InChI=1S/C17H22N2O6/c1-10-4-2-3-5-13(10)18-17(24)19-15(22)9-25-16(23)12-7-6-11(20)8-14(12)21/h6-8,10,13,20-21H,2-5,9H2,1H3,(H2,18,19,22,24)/t10-,13-/m0/s1. The summed E-state index contributed by atoms with van der Waals surface area (Å²) in [5, 5.41) is 23.6.